The quantitative estimate of drug-likeness (QED) is 0.719. The van der Waals surface area contributed by atoms with E-state index in [-0.39, 0.29) is 16.4 Å². The second-order valence-corrected chi connectivity index (χ2v) is 10.8. The molecule has 0 aliphatic carbocycles. The molecule has 0 radical (unpaired) electrons. The van der Waals surface area contributed by atoms with Crippen LogP contribution in [0.2, 0.25) is 0 Å². The number of carbonyl (C=O) groups excluding carboxylic acids is 1. The van der Waals surface area contributed by atoms with Crippen LogP contribution in [0.5, 0.6) is 0 Å². The van der Waals surface area contributed by atoms with Crippen LogP contribution in [-0.4, -0.2) is 18.3 Å². The predicted molar refractivity (Wildman–Crippen MR) is 67.4 cm³/mol. The summed E-state index contributed by atoms with van der Waals surface area (Å²) in [6.45, 7) is 8.96. The van der Waals surface area contributed by atoms with E-state index in [1.165, 1.54) is 0 Å². The first-order valence-corrected chi connectivity index (χ1v) is 8.93. The molecule has 0 bridgehead atoms. The smallest absolute Gasteiger partial charge is 0.254 e. The van der Waals surface area contributed by atoms with Crippen molar-refractivity contribution in [2.24, 2.45) is 11.3 Å². The van der Waals surface area contributed by atoms with Gasteiger partial charge in [0.15, 0.2) is 0 Å². The molecule has 0 atom stereocenters. The van der Waals surface area contributed by atoms with Gasteiger partial charge in [-0.3, -0.25) is 4.79 Å². The van der Waals surface area contributed by atoms with E-state index in [0.717, 1.165) is 11.4 Å². The second kappa shape index (κ2) is 4.84. The lowest BCUT2D eigenvalue weighted by Gasteiger charge is -2.35. The fourth-order valence-electron chi connectivity index (χ4n) is 0.855. The number of hydrogen-bond donors (Lipinski definition) is 0. The minimum Gasteiger partial charge on any atom is -0.321 e. The highest BCUT2D eigenvalue weighted by atomic mass is 32.9. The Bertz CT molecular complexity index is 288. The molecule has 1 heterocycles. The van der Waals surface area contributed by atoms with Crippen LogP contribution in [0, 0.1) is 11.3 Å². The summed E-state index contributed by atoms with van der Waals surface area (Å²) in [6.07, 6.45) is 0. The maximum Gasteiger partial charge on any atom is 0.254 e. The molecule has 0 aromatic rings. The van der Waals surface area contributed by atoms with Gasteiger partial charge in [0.2, 0.25) is 5.12 Å². The molecule has 0 unspecified atom stereocenters. The summed E-state index contributed by atoms with van der Waals surface area (Å²) >= 11 is 6.33. The number of carbonyl (C=O) groups is 1. The van der Waals surface area contributed by atoms with E-state index >= 15 is 0 Å². The SMILES string of the molecule is CC(C)C(=O)SP1(=S)OCC(C)(C)CO1. The first-order valence-electron chi connectivity index (χ1n) is 4.87. The fraction of sp³-hybridized carbons (Fsp3) is 0.889. The molecule has 88 valence electrons. The molecule has 1 aliphatic rings. The molecule has 0 aromatic heterocycles. The van der Waals surface area contributed by atoms with Gasteiger partial charge in [-0.05, 0) is 11.8 Å². The summed E-state index contributed by atoms with van der Waals surface area (Å²) in [5.41, 5.74) is -2.40. The monoisotopic (exact) mass is 268 g/mol. The highest BCUT2D eigenvalue weighted by Crippen LogP contribution is 2.64. The van der Waals surface area contributed by atoms with Crippen molar-refractivity contribution < 1.29 is 13.8 Å². The Hall–Kier alpha value is 0.590. The molecular formula is C9H17O3PS2. The van der Waals surface area contributed by atoms with Gasteiger partial charge in [0.05, 0.1) is 13.2 Å². The van der Waals surface area contributed by atoms with Gasteiger partial charge < -0.3 is 9.05 Å². The third kappa shape index (κ3) is 4.16. The Morgan fingerprint density at radius 3 is 2.27 bits per heavy atom. The lowest BCUT2D eigenvalue weighted by molar-refractivity contribution is -0.113. The topological polar surface area (TPSA) is 35.5 Å². The van der Waals surface area contributed by atoms with E-state index in [1.54, 1.807) is 0 Å². The Morgan fingerprint density at radius 1 is 1.40 bits per heavy atom. The molecule has 3 nitrogen and oxygen atoms in total. The molecule has 0 saturated carbocycles. The summed E-state index contributed by atoms with van der Waals surface area (Å²) in [5, 5.41) is 0.0537. The van der Waals surface area contributed by atoms with Gasteiger partial charge >= 0.3 is 0 Å². The molecular weight excluding hydrogens is 251 g/mol. The predicted octanol–water partition coefficient (Wildman–Crippen LogP) is 3.20. The van der Waals surface area contributed by atoms with Crippen LogP contribution >= 0.6 is 17.1 Å². The van der Waals surface area contributed by atoms with Gasteiger partial charge in [0, 0.05) is 22.7 Å². The van der Waals surface area contributed by atoms with E-state index in [2.05, 4.69) is 13.8 Å². The van der Waals surface area contributed by atoms with Crippen molar-refractivity contribution >= 4 is 34.0 Å². The van der Waals surface area contributed by atoms with Crippen LogP contribution in [0.1, 0.15) is 27.7 Å². The summed E-state index contributed by atoms with van der Waals surface area (Å²) in [4.78, 5) is 11.5. The zero-order valence-corrected chi connectivity index (χ0v) is 12.0. The van der Waals surface area contributed by atoms with Gasteiger partial charge in [-0.15, -0.1) is 0 Å². The van der Waals surface area contributed by atoms with E-state index in [1.807, 2.05) is 13.8 Å². The van der Waals surface area contributed by atoms with Crippen molar-refractivity contribution in [3.05, 3.63) is 0 Å². The second-order valence-electron chi connectivity index (χ2n) is 4.72. The van der Waals surface area contributed by atoms with Gasteiger partial charge in [0.25, 0.3) is 5.69 Å². The van der Waals surface area contributed by atoms with E-state index < -0.39 is 5.69 Å². The van der Waals surface area contributed by atoms with Crippen molar-refractivity contribution in [3.63, 3.8) is 0 Å². The molecule has 0 aromatic carbocycles. The third-order valence-electron chi connectivity index (χ3n) is 1.90. The lowest BCUT2D eigenvalue weighted by Crippen LogP contribution is -2.29. The molecule has 1 saturated heterocycles. The van der Waals surface area contributed by atoms with Crippen LogP contribution in [0.3, 0.4) is 0 Å². The Kier molecular flexibility index (Phi) is 4.41. The number of hydrogen-bond acceptors (Lipinski definition) is 5. The zero-order valence-electron chi connectivity index (χ0n) is 9.48. The van der Waals surface area contributed by atoms with Crippen molar-refractivity contribution in [2.45, 2.75) is 27.7 Å². The fourth-order valence-corrected chi connectivity index (χ4v) is 5.38. The first-order chi connectivity index (χ1) is 6.74. The lowest BCUT2D eigenvalue weighted by atomic mass is 9.97. The van der Waals surface area contributed by atoms with Crippen molar-refractivity contribution in [2.75, 3.05) is 13.2 Å². The van der Waals surface area contributed by atoms with Gasteiger partial charge in [-0.1, -0.05) is 27.7 Å². The van der Waals surface area contributed by atoms with Crippen LogP contribution < -0.4 is 0 Å². The average Bonchev–Trinajstić information content (AvgIpc) is 2.11. The van der Waals surface area contributed by atoms with Crippen molar-refractivity contribution in [1.82, 2.24) is 0 Å². The van der Waals surface area contributed by atoms with Crippen LogP contribution in [-0.2, 0) is 25.6 Å². The van der Waals surface area contributed by atoms with Gasteiger partial charge in [-0.2, -0.15) is 0 Å². The summed E-state index contributed by atoms with van der Waals surface area (Å²) in [6, 6.07) is 0. The molecule has 0 amide bonds. The van der Waals surface area contributed by atoms with Gasteiger partial charge in [-0.25, -0.2) is 0 Å². The van der Waals surface area contributed by atoms with Crippen LogP contribution in [0.15, 0.2) is 0 Å². The van der Waals surface area contributed by atoms with E-state index in [0.29, 0.717) is 13.2 Å². The summed E-state index contributed by atoms with van der Waals surface area (Å²) in [7, 11) is 0. The highest BCUT2D eigenvalue weighted by Gasteiger charge is 2.35. The molecule has 1 aliphatic heterocycles. The normalized spacial score (nSPS) is 24.1. The first kappa shape index (κ1) is 13.7. The van der Waals surface area contributed by atoms with Crippen LogP contribution in [0.4, 0.5) is 0 Å². The molecule has 1 fully saturated rings. The molecule has 0 N–H and O–H groups in total. The standard InChI is InChI=1S/C9H17O3PS2/c1-7(2)8(10)15-13(14)11-5-9(3,4)6-12-13/h7H,5-6H2,1-4H3. The largest absolute Gasteiger partial charge is 0.321 e. The minimum absolute atomic E-state index is 0.00372. The molecule has 1 rings (SSSR count). The minimum atomic E-state index is -2.40. The van der Waals surface area contributed by atoms with Crippen molar-refractivity contribution in [3.8, 4) is 0 Å². The Morgan fingerprint density at radius 2 is 1.87 bits per heavy atom. The molecule has 0 spiro atoms. The summed E-state index contributed by atoms with van der Waals surface area (Å²) < 4.78 is 11.1. The number of rotatable bonds is 2. The Balaban J connectivity index is 2.56. The molecule has 6 heteroatoms. The third-order valence-corrected chi connectivity index (χ3v) is 6.81. The maximum absolute atomic E-state index is 11.5. The van der Waals surface area contributed by atoms with E-state index in [9.17, 15) is 4.79 Å². The zero-order chi connectivity index (χ0) is 11.7. The van der Waals surface area contributed by atoms with Crippen LogP contribution in [0.25, 0.3) is 0 Å². The average molecular weight is 268 g/mol. The van der Waals surface area contributed by atoms with Gasteiger partial charge in [0.1, 0.15) is 0 Å². The summed E-state index contributed by atoms with van der Waals surface area (Å²) in [5.74, 6) is -0.0306. The van der Waals surface area contributed by atoms with Crippen molar-refractivity contribution in [1.29, 1.82) is 0 Å². The Labute approximate surface area is 100 Å². The molecule has 15 heavy (non-hydrogen) atoms. The maximum atomic E-state index is 11.5. The van der Waals surface area contributed by atoms with E-state index in [4.69, 9.17) is 20.9 Å². The highest BCUT2D eigenvalue weighted by molar-refractivity contribution is 8.73.